The van der Waals surface area contributed by atoms with E-state index in [4.69, 9.17) is 4.98 Å². The number of hydrogen-bond donors (Lipinski definition) is 5. The molecule has 7 nitrogen and oxygen atoms in total. The number of hydrogen-bond acceptors (Lipinski definition) is 7. The Hall–Kier alpha value is -4.88. The second-order valence-electron chi connectivity index (χ2n) is 9.02. The summed E-state index contributed by atoms with van der Waals surface area (Å²) in [4.78, 5) is 9.51. The molecule has 0 aliphatic rings. The number of phenolic OH excluding ortho intramolecular Hbond substituents is 2. The van der Waals surface area contributed by atoms with Crippen LogP contribution >= 0.6 is 0 Å². The first-order valence-corrected chi connectivity index (χ1v) is 12.9. The molecule has 3 aromatic carbocycles. The lowest BCUT2D eigenvalue weighted by molar-refractivity contribution is 0.302. The minimum absolute atomic E-state index is 0.00970. The number of para-hydroxylation sites is 2. The quantitative estimate of drug-likeness (QED) is 0.130. The van der Waals surface area contributed by atoms with Crippen LogP contribution in [0.5, 0.6) is 11.5 Å². The van der Waals surface area contributed by atoms with E-state index in [1.54, 1.807) is 12.3 Å². The molecule has 0 bridgehead atoms. The van der Waals surface area contributed by atoms with Crippen LogP contribution < -0.4 is 10.6 Å². The third-order valence-electron chi connectivity index (χ3n) is 6.46. The summed E-state index contributed by atoms with van der Waals surface area (Å²) in [6.45, 7) is 1.96. The van der Waals surface area contributed by atoms with Crippen molar-refractivity contribution in [3.05, 3.63) is 103 Å². The highest BCUT2D eigenvalue weighted by Crippen LogP contribution is 2.49. The Labute approximate surface area is 227 Å². The topological polar surface area (TPSA) is 111 Å². The molecule has 5 aromatic rings. The molecule has 0 spiro atoms. The molecular weight excluding hydrogens is 488 g/mol. The largest absolute Gasteiger partial charge is 0.507 e. The van der Waals surface area contributed by atoms with Crippen molar-refractivity contribution in [1.29, 1.82) is 0 Å². The molecular formula is C32H30N4O3. The van der Waals surface area contributed by atoms with Gasteiger partial charge in [-0.1, -0.05) is 55.5 Å². The van der Waals surface area contributed by atoms with Crippen molar-refractivity contribution < 1.29 is 15.3 Å². The van der Waals surface area contributed by atoms with Gasteiger partial charge in [0.05, 0.1) is 22.2 Å². The van der Waals surface area contributed by atoms with Gasteiger partial charge in [-0.2, -0.15) is 0 Å². The minimum atomic E-state index is -0.0183. The Morgan fingerprint density at radius 1 is 0.846 bits per heavy atom. The molecule has 0 fully saturated rings. The molecule has 0 atom stereocenters. The molecule has 2 heterocycles. The normalized spacial score (nSPS) is 11.5. The van der Waals surface area contributed by atoms with Crippen molar-refractivity contribution in [3.63, 3.8) is 0 Å². The minimum Gasteiger partial charge on any atom is -0.507 e. The lowest BCUT2D eigenvalue weighted by atomic mass is 9.94. The number of benzene rings is 3. The van der Waals surface area contributed by atoms with Crippen molar-refractivity contribution in [2.75, 3.05) is 17.2 Å². The third kappa shape index (κ3) is 5.39. The zero-order chi connectivity index (χ0) is 27.2. The number of aliphatic hydroxyl groups excluding tert-OH is 1. The fraction of sp³-hybridized carbons (Fsp3) is 0.125. The van der Waals surface area contributed by atoms with E-state index in [9.17, 15) is 15.3 Å². The van der Waals surface area contributed by atoms with Gasteiger partial charge < -0.3 is 26.0 Å². The second kappa shape index (κ2) is 11.7. The predicted molar refractivity (Wildman–Crippen MR) is 158 cm³/mol. The van der Waals surface area contributed by atoms with E-state index < -0.39 is 0 Å². The van der Waals surface area contributed by atoms with E-state index in [0.717, 1.165) is 16.9 Å². The SMILES string of the molecule is CC/C(=C\CCO)c1cc(O)c2c(Nc3ccccc3)c(Nc3ccccc3)nc(-c3ccccn3)c2c1O. The fourth-order valence-electron chi connectivity index (χ4n) is 4.64. The average Bonchev–Trinajstić information content (AvgIpc) is 2.98. The molecule has 7 heteroatoms. The van der Waals surface area contributed by atoms with Crippen molar-refractivity contribution in [3.8, 4) is 22.9 Å². The van der Waals surface area contributed by atoms with E-state index in [2.05, 4.69) is 15.6 Å². The molecule has 0 aliphatic heterocycles. The van der Waals surface area contributed by atoms with E-state index >= 15 is 0 Å². The number of fused-ring (bicyclic) bond motifs is 1. The van der Waals surface area contributed by atoms with Crippen LogP contribution in [-0.4, -0.2) is 31.9 Å². The molecule has 39 heavy (non-hydrogen) atoms. The number of nitrogens with one attached hydrogen (secondary N) is 2. The summed E-state index contributed by atoms with van der Waals surface area (Å²) < 4.78 is 0. The number of aliphatic hydroxyl groups is 1. The first-order valence-electron chi connectivity index (χ1n) is 12.9. The zero-order valence-electron chi connectivity index (χ0n) is 21.6. The van der Waals surface area contributed by atoms with Gasteiger partial charge in [0.15, 0.2) is 5.82 Å². The van der Waals surface area contributed by atoms with Crippen LogP contribution in [0.15, 0.2) is 97.2 Å². The number of anilines is 4. The van der Waals surface area contributed by atoms with Gasteiger partial charge in [-0.05, 0) is 60.9 Å². The molecule has 0 saturated heterocycles. The molecule has 0 radical (unpaired) electrons. The Kier molecular flexibility index (Phi) is 7.70. The van der Waals surface area contributed by atoms with Gasteiger partial charge in [0.2, 0.25) is 0 Å². The summed E-state index contributed by atoms with van der Waals surface area (Å²) in [5, 5.41) is 40.3. The summed E-state index contributed by atoms with van der Waals surface area (Å²) in [7, 11) is 0. The van der Waals surface area contributed by atoms with E-state index in [-0.39, 0.29) is 18.1 Å². The van der Waals surface area contributed by atoms with Gasteiger partial charge in [-0.25, -0.2) is 4.98 Å². The van der Waals surface area contributed by atoms with Crippen LogP contribution in [0.4, 0.5) is 22.9 Å². The number of aromatic hydroxyl groups is 2. The number of aromatic nitrogens is 2. The predicted octanol–water partition coefficient (Wildman–Crippen LogP) is 7.37. The zero-order valence-corrected chi connectivity index (χ0v) is 21.6. The molecule has 0 saturated carbocycles. The maximum atomic E-state index is 11.8. The van der Waals surface area contributed by atoms with Gasteiger partial charge >= 0.3 is 0 Å². The lowest BCUT2D eigenvalue weighted by Crippen LogP contribution is -2.04. The smallest absolute Gasteiger partial charge is 0.155 e. The fourth-order valence-corrected chi connectivity index (χ4v) is 4.64. The Morgan fingerprint density at radius 2 is 1.51 bits per heavy atom. The maximum absolute atomic E-state index is 11.8. The summed E-state index contributed by atoms with van der Waals surface area (Å²) in [6.07, 6.45) is 4.59. The number of phenols is 2. The van der Waals surface area contributed by atoms with Crippen LogP contribution in [-0.2, 0) is 0 Å². The van der Waals surface area contributed by atoms with Crippen LogP contribution in [0.3, 0.4) is 0 Å². The highest BCUT2D eigenvalue weighted by Gasteiger charge is 2.25. The van der Waals surface area contributed by atoms with Crippen LogP contribution in [0.1, 0.15) is 25.3 Å². The maximum Gasteiger partial charge on any atom is 0.155 e. The van der Waals surface area contributed by atoms with Crippen molar-refractivity contribution in [2.45, 2.75) is 19.8 Å². The van der Waals surface area contributed by atoms with E-state index in [1.807, 2.05) is 91.9 Å². The summed E-state index contributed by atoms with van der Waals surface area (Å²) in [5.41, 5.74) is 4.40. The Morgan fingerprint density at radius 3 is 2.13 bits per heavy atom. The molecule has 2 aromatic heterocycles. The van der Waals surface area contributed by atoms with Crippen molar-refractivity contribution in [2.24, 2.45) is 0 Å². The molecule has 0 amide bonds. The summed E-state index contributed by atoms with van der Waals surface area (Å²) >= 11 is 0. The van der Waals surface area contributed by atoms with E-state index in [0.29, 0.717) is 52.1 Å². The number of pyridine rings is 2. The third-order valence-corrected chi connectivity index (χ3v) is 6.46. The standard InChI is InChI=1S/C32H30N4O3/c1-2-21(12-11-19-37)24-20-26(38)27-28(31(24)39)29(25-17-9-10-18-33-25)36-32(35-23-15-7-4-8-16-23)30(27)34-22-13-5-3-6-14-22/h3-10,12-18,20,34,37-39H,2,11,19H2,1H3,(H,35,36)/b21-12+. The molecule has 5 rings (SSSR count). The van der Waals surface area contributed by atoms with Crippen molar-refractivity contribution >= 4 is 39.2 Å². The van der Waals surface area contributed by atoms with Gasteiger partial charge in [-0.3, -0.25) is 4.98 Å². The second-order valence-corrected chi connectivity index (χ2v) is 9.02. The number of rotatable bonds is 9. The highest BCUT2D eigenvalue weighted by atomic mass is 16.3. The van der Waals surface area contributed by atoms with Gasteiger partial charge in [-0.15, -0.1) is 0 Å². The van der Waals surface area contributed by atoms with Gasteiger partial charge in [0.1, 0.15) is 17.2 Å². The molecule has 196 valence electrons. The summed E-state index contributed by atoms with van der Waals surface area (Å²) in [5.74, 6) is 0.437. The first kappa shape index (κ1) is 25.8. The average molecular weight is 519 g/mol. The van der Waals surface area contributed by atoms with Gasteiger partial charge in [0, 0.05) is 29.7 Å². The number of nitrogens with zero attached hydrogens (tertiary/aromatic N) is 2. The van der Waals surface area contributed by atoms with Crippen LogP contribution in [0.25, 0.3) is 27.7 Å². The van der Waals surface area contributed by atoms with Gasteiger partial charge in [0.25, 0.3) is 0 Å². The monoisotopic (exact) mass is 518 g/mol. The Balaban J connectivity index is 1.86. The molecule has 0 unspecified atom stereocenters. The van der Waals surface area contributed by atoms with Crippen LogP contribution in [0.2, 0.25) is 0 Å². The molecule has 0 aliphatic carbocycles. The molecule has 5 N–H and O–H groups in total. The lowest BCUT2D eigenvalue weighted by Gasteiger charge is -2.21. The number of allylic oxidation sites excluding steroid dienone is 1. The highest BCUT2D eigenvalue weighted by molar-refractivity contribution is 6.13. The Bertz CT molecular complexity index is 1610. The van der Waals surface area contributed by atoms with Crippen LogP contribution in [0, 0.1) is 0 Å². The van der Waals surface area contributed by atoms with Crippen molar-refractivity contribution in [1.82, 2.24) is 9.97 Å². The summed E-state index contributed by atoms with van der Waals surface area (Å²) in [6, 6.07) is 26.3. The van der Waals surface area contributed by atoms with E-state index in [1.165, 1.54) is 0 Å². The first-order chi connectivity index (χ1) is 19.1.